The van der Waals surface area contributed by atoms with Crippen LogP contribution in [0.2, 0.25) is 5.02 Å². The third kappa shape index (κ3) is 5.55. The van der Waals surface area contributed by atoms with Crippen LogP contribution in [0.5, 0.6) is 0 Å². The van der Waals surface area contributed by atoms with Crippen LogP contribution in [0, 0.1) is 11.3 Å². The molecule has 2 heterocycles. The molecule has 13 heteroatoms. The lowest BCUT2D eigenvalue weighted by molar-refractivity contribution is -0.131. The summed E-state index contributed by atoms with van der Waals surface area (Å²) in [6.45, 7) is -1.53. The molecule has 0 saturated carbocycles. The Kier molecular flexibility index (Phi) is 6.59. The largest absolute Gasteiger partial charge is 0.342 e. The standard InChI is InChI=1S/C18H15ClF2N4O4S2/c19-12-3-1-11(2-4-12)9-31(28,29)17-24-14(8-30-17)16(27)23-7-15(26)25-10-18(20,21)5-13(25)6-22/h1-4,8,13H,5,7,9-10H2,(H,23,27)/t13-/m0/s1. The van der Waals surface area contributed by atoms with Crippen molar-refractivity contribution in [1.29, 1.82) is 5.26 Å². The number of hydrogen-bond donors (Lipinski definition) is 1. The molecule has 2 aromatic rings. The number of carbonyl (C=O) groups excluding carboxylic acids is 2. The van der Waals surface area contributed by atoms with E-state index in [1.165, 1.54) is 5.38 Å². The van der Waals surface area contributed by atoms with Crippen LogP contribution in [-0.4, -0.2) is 55.2 Å². The van der Waals surface area contributed by atoms with Gasteiger partial charge >= 0.3 is 0 Å². The minimum absolute atomic E-state index is 0.226. The van der Waals surface area contributed by atoms with Crippen molar-refractivity contribution in [2.75, 3.05) is 13.1 Å². The van der Waals surface area contributed by atoms with Gasteiger partial charge in [0.2, 0.25) is 20.1 Å². The van der Waals surface area contributed by atoms with Crippen molar-refractivity contribution >= 4 is 44.6 Å². The molecule has 1 aliphatic rings. The van der Waals surface area contributed by atoms with Crippen molar-refractivity contribution in [3.63, 3.8) is 0 Å². The van der Waals surface area contributed by atoms with Crippen LogP contribution in [0.25, 0.3) is 0 Å². The maximum absolute atomic E-state index is 13.4. The highest BCUT2D eigenvalue weighted by molar-refractivity contribution is 7.92. The third-order valence-electron chi connectivity index (χ3n) is 4.39. The normalized spacial score (nSPS) is 17.9. The Bertz CT molecular complexity index is 1150. The van der Waals surface area contributed by atoms with Crippen molar-refractivity contribution in [2.24, 2.45) is 0 Å². The van der Waals surface area contributed by atoms with E-state index in [0.717, 1.165) is 11.3 Å². The molecule has 3 rings (SSSR count). The molecule has 0 bridgehead atoms. The molecule has 1 aromatic heterocycles. The van der Waals surface area contributed by atoms with E-state index in [1.54, 1.807) is 30.3 Å². The summed E-state index contributed by atoms with van der Waals surface area (Å²) >= 11 is 6.52. The Morgan fingerprint density at radius 1 is 1.35 bits per heavy atom. The number of sulfone groups is 1. The molecule has 1 atom stereocenters. The molecule has 1 aliphatic heterocycles. The Hall–Kier alpha value is -2.62. The maximum atomic E-state index is 13.4. The van der Waals surface area contributed by atoms with E-state index in [2.05, 4.69) is 10.3 Å². The van der Waals surface area contributed by atoms with Gasteiger partial charge in [0.15, 0.2) is 0 Å². The SMILES string of the molecule is N#C[C@@H]1CC(F)(F)CN1C(=O)CNC(=O)c1csc(S(=O)(=O)Cc2ccc(Cl)cc2)n1. The molecule has 0 aliphatic carbocycles. The molecule has 31 heavy (non-hydrogen) atoms. The highest BCUT2D eigenvalue weighted by atomic mass is 35.5. The number of likely N-dealkylation sites (tertiary alicyclic amines) is 1. The molecular weight excluding hydrogens is 474 g/mol. The molecule has 1 N–H and O–H groups in total. The van der Waals surface area contributed by atoms with Gasteiger partial charge in [0, 0.05) is 16.8 Å². The number of halogens is 3. The van der Waals surface area contributed by atoms with Gasteiger partial charge in [0.1, 0.15) is 11.7 Å². The first-order chi connectivity index (χ1) is 14.5. The van der Waals surface area contributed by atoms with E-state index < -0.39 is 53.1 Å². The summed E-state index contributed by atoms with van der Waals surface area (Å²) in [4.78, 5) is 28.9. The number of amides is 2. The summed E-state index contributed by atoms with van der Waals surface area (Å²) in [6.07, 6.45) is -0.760. The third-order valence-corrected chi connectivity index (χ3v) is 7.66. The van der Waals surface area contributed by atoms with Gasteiger partial charge in [-0.2, -0.15) is 5.26 Å². The van der Waals surface area contributed by atoms with Crippen LogP contribution in [-0.2, 0) is 20.4 Å². The lowest BCUT2D eigenvalue weighted by Crippen LogP contribution is -2.43. The zero-order valence-corrected chi connectivity index (χ0v) is 18.1. The molecular formula is C18H15ClF2N4O4S2. The van der Waals surface area contributed by atoms with Gasteiger partial charge in [0.05, 0.1) is 24.9 Å². The fourth-order valence-electron chi connectivity index (χ4n) is 2.91. The lowest BCUT2D eigenvalue weighted by atomic mass is 10.2. The van der Waals surface area contributed by atoms with Crippen LogP contribution >= 0.6 is 22.9 Å². The predicted octanol–water partition coefficient (Wildman–Crippen LogP) is 2.26. The van der Waals surface area contributed by atoms with Crippen molar-refractivity contribution in [2.45, 2.75) is 28.5 Å². The minimum atomic E-state index is -3.82. The average molecular weight is 489 g/mol. The number of aromatic nitrogens is 1. The van der Waals surface area contributed by atoms with Gasteiger partial charge in [-0.05, 0) is 17.7 Å². The summed E-state index contributed by atoms with van der Waals surface area (Å²) in [5.74, 6) is -5.18. The smallest absolute Gasteiger partial charge is 0.271 e. The second-order valence-electron chi connectivity index (χ2n) is 6.79. The van der Waals surface area contributed by atoms with Crippen molar-refractivity contribution in [3.8, 4) is 6.07 Å². The summed E-state index contributed by atoms with van der Waals surface area (Å²) < 4.78 is 51.6. The average Bonchev–Trinajstić information content (AvgIpc) is 3.32. The number of benzene rings is 1. The lowest BCUT2D eigenvalue weighted by Gasteiger charge is -2.19. The van der Waals surface area contributed by atoms with Gasteiger partial charge in [-0.25, -0.2) is 22.2 Å². The first-order valence-electron chi connectivity index (χ1n) is 8.78. The minimum Gasteiger partial charge on any atom is -0.342 e. The molecule has 0 spiro atoms. The number of carbonyl (C=O) groups is 2. The van der Waals surface area contributed by atoms with E-state index in [-0.39, 0.29) is 15.8 Å². The molecule has 0 radical (unpaired) electrons. The fraction of sp³-hybridized carbons (Fsp3) is 0.333. The molecule has 0 unspecified atom stereocenters. The van der Waals surface area contributed by atoms with Crippen LogP contribution in [0.15, 0.2) is 34.0 Å². The second-order valence-corrected chi connectivity index (χ2v) is 10.3. The fourth-order valence-corrected chi connectivity index (χ4v) is 5.46. The number of nitrogens with one attached hydrogen (secondary N) is 1. The van der Waals surface area contributed by atoms with Crippen LogP contribution in [0.1, 0.15) is 22.5 Å². The van der Waals surface area contributed by atoms with Gasteiger partial charge in [-0.1, -0.05) is 23.7 Å². The topological polar surface area (TPSA) is 120 Å². The van der Waals surface area contributed by atoms with Gasteiger partial charge in [0.25, 0.3) is 11.8 Å². The molecule has 1 aromatic carbocycles. The number of hydrogen-bond acceptors (Lipinski definition) is 7. The molecule has 8 nitrogen and oxygen atoms in total. The number of nitrogens with zero attached hydrogens (tertiary/aromatic N) is 3. The molecule has 164 valence electrons. The highest BCUT2D eigenvalue weighted by Gasteiger charge is 2.47. The monoisotopic (exact) mass is 488 g/mol. The Morgan fingerprint density at radius 2 is 2.03 bits per heavy atom. The number of thiazole rings is 1. The summed E-state index contributed by atoms with van der Waals surface area (Å²) in [5, 5.41) is 12.8. The summed E-state index contributed by atoms with van der Waals surface area (Å²) in [7, 11) is -3.82. The van der Waals surface area contributed by atoms with E-state index in [0.29, 0.717) is 15.5 Å². The number of alkyl halides is 2. The Balaban J connectivity index is 1.62. The maximum Gasteiger partial charge on any atom is 0.271 e. The van der Waals surface area contributed by atoms with E-state index >= 15 is 0 Å². The van der Waals surface area contributed by atoms with E-state index in [4.69, 9.17) is 16.9 Å². The van der Waals surface area contributed by atoms with Gasteiger partial charge in [-0.15, -0.1) is 11.3 Å². The van der Waals surface area contributed by atoms with Crippen LogP contribution < -0.4 is 5.32 Å². The number of rotatable bonds is 6. The zero-order valence-electron chi connectivity index (χ0n) is 15.7. The Morgan fingerprint density at radius 3 is 2.68 bits per heavy atom. The summed E-state index contributed by atoms with van der Waals surface area (Å²) in [5.41, 5.74) is 0.265. The quantitative estimate of drug-likeness (QED) is 0.666. The van der Waals surface area contributed by atoms with Crippen molar-refractivity contribution in [3.05, 3.63) is 45.9 Å². The zero-order chi connectivity index (χ0) is 22.8. The summed E-state index contributed by atoms with van der Waals surface area (Å²) in [6, 6.07) is 6.59. The van der Waals surface area contributed by atoms with Crippen molar-refractivity contribution < 1.29 is 26.8 Å². The first-order valence-corrected chi connectivity index (χ1v) is 11.7. The van der Waals surface area contributed by atoms with Crippen molar-refractivity contribution in [1.82, 2.24) is 15.2 Å². The highest BCUT2D eigenvalue weighted by Crippen LogP contribution is 2.31. The van der Waals surface area contributed by atoms with Crippen LogP contribution in [0.4, 0.5) is 8.78 Å². The van der Waals surface area contributed by atoms with Gasteiger partial charge < -0.3 is 10.2 Å². The molecule has 2 amide bonds. The second kappa shape index (κ2) is 8.86. The van der Waals surface area contributed by atoms with E-state index in [9.17, 15) is 26.8 Å². The van der Waals surface area contributed by atoms with Gasteiger partial charge in [-0.3, -0.25) is 9.59 Å². The first kappa shape index (κ1) is 23.1. The molecule has 1 fully saturated rings. The predicted molar refractivity (Wildman–Crippen MR) is 107 cm³/mol. The molecule has 1 saturated heterocycles. The van der Waals surface area contributed by atoms with E-state index in [1.807, 2.05) is 0 Å². The number of nitriles is 1. The van der Waals surface area contributed by atoms with Crippen LogP contribution in [0.3, 0.4) is 0 Å². The Labute approximate surface area is 185 Å².